The van der Waals surface area contributed by atoms with Crippen molar-refractivity contribution in [2.45, 2.75) is 39.8 Å². The fraction of sp³-hybridized carbons (Fsp3) is 0.538. The predicted octanol–water partition coefficient (Wildman–Crippen LogP) is 2.58. The van der Waals surface area contributed by atoms with Crippen molar-refractivity contribution in [1.82, 2.24) is 20.1 Å². The molecule has 1 atom stereocenters. The summed E-state index contributed by atoms with van der Waals surface area (Å²) in [5, 5.41) is 11.2. The van der Waals surface area contributed by atoms with Gasteiger partial charge in [-0.25, -0.2) is 4.98 Å². The molecule has 1 unspecified atom stereocenters. The Hall–Kier alpha value is -1.20. The molecule has 0 saturated heterocycles. The number of nitrogens with one attached hydrogen (secondary N) is 1. The summed E-state index contributed by atoms with van der Waals surface area (Å²) in [4.78, 5) is 4.46. The third-order valence-corrected chi connectivity index (χ3v) is 3.89. The topological polar surface area (TPSA) is 42.7 Å². The van der Waals surface area contributed by atoms with Gasteiger partial charge in [0.1, 0.15) is 5.01 Å². The summed E-state index contributed by atoms with van der Waals surface area (Å²) in [5.74, 6) is 0. The average molecular weight is 264 g/mol. The van der Waals surface area contributed by atoms with Crippen molar-refractivity contribution in [3.05, 3.63) is 33.5 Å². The zero-order valence-corrected chi connectivity index (χ0v) is 12.4. The molecule has 4 nitrogen and oxygen atoms in total. The molecule has 0 spiro atoms. The second-order valence-corrected chi connectivity index (χ2v) is 5.76. The highest BCUT2D eigenvalue weighted by Gasteiger charge is 2.24. The highest BCUT2D eigenvalue weighted by molar-refractivity contribution is 7.09. The van der Waals surface area contributed by atoms with E-state index in [1.165, 1.54) is 11.3 Å². The summed E-state index contributed by atoms with van der Waals surface area (Å²) in [6.07, 6.45) is 1.86. The first-order valence-corrected chi connectivity index (χ1v) is 7.04. The fourth-order valence-electron chi connectivity index (χ4n) is 2.20. The number of aryl methyl sites for hydroxylation is 2. The second kappa shape index (κ2) is 5.20. The Morgan fingerprint density at radius 1 is 1.33 bits per heavy atom. The molecule has 0 aromatic carbocycles. The van der Waals surface area contributed by atoms with Gasteiger partial charge in [-0.05, 0) is 27.7 Å². The molecule has 2 rings (SSSR count). The Morgan fingerprint density at radius 2 is 2.06 bits per heavy atom. The number of hydrogen-bond acceptors (Lipinski definition) is 4. The van der Waals surface area contributed by atoms with E-state index in [2.05, 4.69) is 43.1 Å². The first-order valence-electron chi connectivity index (χ1n) is 6.16. The minimum absolute atomic E-state index is 0.138. The molecule has 2 aromatic rings. The van der Waals surface area contributed by atoms with Crippen molar-refractivity contribution in [2.24, 2.45) is 7.05 Å². The van der Waals surface area contributed by atoms with Crippen molar-refractivity contribution in [2.75, 3.05) is 0 Å². The number of thiazole rings is 1. The number of nitrogens with zero attached hydrogens (tertiary/aromatic N) is 3. The first kappa shape index (κ1) is 13.2. The third-order valence-electron chi connectivity index (χ3n) is 3.05. The second-order valence-electron chi connectivity index (χ2n) is 4.83. The summed E-state index contributed by atoms with van der Waals surface area (Å²) in [5.41, 5.74) is 3.52. The number of aromatic nitrogens is 3. The Morgan fingerprint density at radius 3 is 2.50 bits per heavy atom. The summed E-state index contributed by atoms with van der Waals surface area (Å²) in [7, 11) is 1.99. The van der Waals surface area contributed by atoms with Crippen LogP contribution in [0.5, 0.6) is 0 Å². The van der Waals surface area contributed by atoms with E-state index >= 15 is 0 Å². The molecular weight excluding hydrogens is 244 g/mol. The van der Waals surface area contributed by atoms with Crippen molar-refractivity contribution < 1.29 is 0 Å². The van der Waals surface area contributed by atoms with Crippen LogP contribution in [0.1, 0.15) is 41.8 Å². The Labute approximate surface area is 112 Å². The quantitative estimate of drug-likeness (QED) is 0.923. The summed E-state index contributed by atoms with van der Waals surface area (Å²) in [6, 6.07) is 0.539. The maximum absolute atomic E-state index is 4.50. The van der Waals surface area contributed by atoms with Crippen LogP contribution in [0.15, 0.2) is 11.6 Å². The predicted molar refractivity (Wildman–Crippen MR) is 74.9 cm³/mol. The van der Waals surface area contributed by atoms with Gasteiger partial charge in [-0.3, -0.25) is 4.68 Å². The number of rotatable bonds is 4. The monoisotopic (exact) mass is 264 g/mol. The van der Waals surface area contributed by atoms with Gasteiger partial charge >= 0.3 is 0 Å². The van der Waals surface area contributed by atoms with Gasteiger partial charge in [-0.1, -0.05) is 0 Å². The standard InChI is InChI=1S/C13H20N4S/c1-8(2)15-12(13-14-6-7-18-13)11-9(3)16-17(5)10(11)4/h6-8,12,15H,1-5H3. The zero-order valence-electron chi connectivity index (χ0n) is 11.6. The van der Waals surface area contributed by atoms with E-state index in [1.807, 2.05) is 23.3 Å². The summed E-state index contributed by atoms with van der Waals surface area (Å²) >= 11 is 1.68. The lowest BCUT2D eigenvalue weighted by atomic mass is 10.0. The van der Waals surface area contributed by atoms with Crippen LogP contribution in [0.2, 0.25) is 0 Å². The van der Waals surface area contributed by atoms with Gasteiger partial charge < -0.3 is 5.32 Å². The van der Waals surface area contributed by atoms with Gasteiger partial charge in [0.05, 0.1) is 11.7 Å². The minimum atomic E-state index is 0.138. The Bertz CT molecular complexity index is 513. The number of hydrogen-bond donors (Lipinski definition) is 1. The van der Waals surface area contributed by atoms with Gasteiger partial charge in [0.2, 0.25) is 0 Å². The van der Waals surface area contributed by atoms with Crippen molar-refractivity contribution in [3.63, 3.8) is 0 Å². The van der Waals surface area contributed by atoms with Gasteiger partial charge in [-0.2, -0.15) is 5.10 Å². The lowest BCUT2D eigenvalue weighted by molar-refractivity contribution is 0.523. The van der Waals surface area contributed by atoms with Gasteiger partial charge in [0.15, 0.2) is 0 Å². The molecule has 0 fully saturated rings. The van der Waals surface area contributed by atoms with Crippen molar-refractivity contribution in [1.29, 1.82) is 0 Å². The first-order chi connectivity index (χ1) is 8.50. The molecule has 5 heteroatoms. The Kier molecular flexibility index (Phi) is 3.82. The highest BCUT2D eigenvalue weighted by atomic mass is 32.1. The maximum Gasteiger partial charge on any atom is 0.114 e. The SMILES string of the molecule is Cc1nn(C)c(C)c1C(NC(C)C)c1nccs1. The van der Waals surface area contributed by atoms with Gasteiger partial charge in [0.25, 0.3) is 0 Å². The van der Waals surface area contributed by atoms with Crippen LogP contribution in [0.3, 0.4) is 0 Å². The molecule has 0 aliphatic carbocycles. The van der Waals surface area contributed by atoms with E-state index in [1.54, 1.807) is 11.3 Å². The maximum atomic E-state index is 4.50. The highest BCUT2D eigenvalue weighted by Crippen LogP contribution is 2.29. The summed E-state index contributed by atoms with van der Waals surface area (Å²) < 4.78 is 1.94. The molecular formula is C13H20N4S. The molecule has 0 amide bonds. The van der Waals surface area contributed by atoms with Crippen LogP contribution >= 0.6 is 11.3 Å². The molecule has 0 bridgehead atoms. The largest absolute Gasteiger partial charge is 0.302 e. The molecule has 0 saturated carbocycles. The van der Waals surface area contributed by atoms with Crippen LogP contribution in [-0.4, -0.2) is 20.8 Å². The molecule has 0 aliphatic heterocycles. The lowest BCUT2D eigenvalue weighted by Crippen LogP contribution is -2.29. The van der Waals surface area contributed by atoms with Crippen LogP contribution < -0.4 is 5.32 Å². The molecule has 0 aliphatic rings. The molecule has 2 aromatic heterocycles. The fourth-order valence-corrected chi connectivity index (χ4v) is 2.90. The molecule has 0 radical (unpaired) electrons. The van der Waals surface area contributed by atoms with E-state index in [0.717, 1.165) is 10.7 Å². The minimum Gasteiger partial charge on any atom is -0.302 e. The Balaban J connectivity index is 2.46. The van der Waals surface area contributed by atoms with Gasteiger partial charge in [-0.15, -0.1) is 11.3 Å². The van der Waals surface area contributed by atoms with Gasteiger partial charge in [0, 0.05) is 35.9 Å². The van der Waals surface area contributed by atoms with Crippen molar-refractivity contribution in [3.8, 4) is 0 Å². The molecule has 98 valence electrons. The summed E-state index contributed by atoms with van der Waals surface area (Å²) in [6.45, 7) is 8.48. The third kappa shape index (κ3) is 2.47. The zero-order chi connectivity index (χ0) is 13.3. The van der Waals surface area contributed by atoms with E-state index < -0.39 is 0 Å². The normalized spacial score (nSPS) is 13.2. The van der Waals surface area contributed by atoms with E-state index in [-0.39, 0.29) is 6.04 Å². The van der Waals surface area contributed by atoms with Crippen LogP contribution in [0.4, 0.5) is 0 Å². The van der Waals surface area contributed by atoms with E-state index in [4.69, 9.17) is 0 Å². The smallest absolute Gasteiger partial charge is 0.114 e. The van der Waals surface area contributed by atoms with Crippen LogP contribution in [0, 0.1) is 13.8 Å². The van der Waals surface area contributed by atoms with E-state index in [9.17, 15) is 0 Å². The molecule has 2 heterocycles. The van der Waals surface area contributed by atoms with E-state index in [0.29, 0.717) is 6.04 Å². The average Bonchev–Trinajstić information content (AvgIpc) is 2.87. The van der Waals surface area contributed by atoms with Crippen LogP contribution in [-0.2, 0) is 7.05 Å². The lowest BCUT2D eigenvalue weighted by Gasteiger charge is -2.20. The van der Waals surface area contributed by atoms with Crippen molar-refractivity contribution >= 4 is 11.3 Å². The molecule has 18 heavy (non-hydrogen) atoms. The van der Waals surface area contributed by atoms with Crippen LogP contribution in [0.25, 0.3) is 0 Å². The molecule has 1 N–H and O–H groups in total.